The summed E-state index contributed by atoms with van der Waals surface area (Å²) in [7, 11) is 0. The molecule has 0 saturated carbocycles. The quantitative estimate of drug-likeness (QED) is 0.719. The fourth-order valence-electron chi connectivity index (χ4n) is 2.83. The summed E-state index contributed by atoms with van der Waals surface area (Å²) in [6.45, 7) is 5.51. The van der Waals surface area contributed by atoms with Crippen molar-refractivity contribution in [2.45, 2.75) is 33.2 Å². The number of carbonyl (C=O) groups is 2. The molecule has 6 heteroatoms. The Morgan fingerprint density at radius 1 is 1.11 bits per heavy atom. The molecule has 0 heterocycles. The van der Waals surface area contributed by atoms with Crippen LogP contribution in [-0.2, 0) is 4.79 Å². The highest BCUT2D eigenvalue weighted by atomic mass is 19.1. The summed E-state index contributed by atoms with van der Waals surface area (Å²) in [5, 5.41) is 13.8. The molecule has 0 spiro atoms. The zero-order valence-electron chi connectivity index (χ0n) is 16.3. The Hall–Kier alpha value is -3.20. The van der Waals surface area contributed by atoms with Crippen molar-refractivity contribution < 1.29 is 14.0 Å². The average Bonchev–Trinajstić information content (AvgIpc) is 2.67. The molecule has 0 saturated heterocycles. The van der Waals surface area contributed by atoms with Gasteiger partial charge in [0, 0.05) is 5.56 Å². The van der Waals surface area contributed by atoms with Crippen LogP contribution in [0.4, 0.5) is 4.39 Å². The molecule has 0 aliphatic rings. The molecule has 0 fully saturated rings. The van der Waals surface area contributed by atoms with E-state index in [1.165, 1.54) is 6.07 Å². The number of carbonyl (C=O) groups excluding carboxylic acids is 2. The van der Waals surface area contributed by atoms with Crippen molar-refractivity contribution in [2.24, 2.45) is 5.92 Å². The van der Waals surface area contributed by atoms with Gasteiger partial charge in [-0.15, -0.1) is 0 Å². The second-order valence-corrected chi connectivity index (χ2v) is 7.07. The van der Waals surface area contributed by atoms with E-state index in [2.05, 4.69) is 10.6 Å². The van der Waals surface area contributed by atoms with Crippen LogP contribution in [0.1, 0.15) is 36.2 Å². The van der Waals surface area contributed by atoms with Crippen LogP contribution in [0.5, 0.6) is 0 Å². The third kappa shape index (κ3) is 5.65. The third-order valence-electron chi connectivity index (χ3n) is 4.31. The average molecular weight is 381 g/mol. The largest absolute Gasteiger partial charge is 0.341 e. The smallest absolute Gasteiger partial charge is 0.251 e. The summed E-state index contributed by atoms with van der Waals surface area (Å²) in [6.07, 6.45) is 0.468. The highest BCUT2D eigenvalue weighted by molar-refractivity contribution is 5.97. The Bertz CT molecular complexity index is 886. The van der Waals surface area contributed by atoms with Crippen LogP contribution >= 0.6 is 0 Å². The van der Waals surface area contributed by atoms with Gasteiger partial charge in [-0.3, -0.25) is 9.59 Å². The summed E-state index contributed by atoms with van der Waals surface area (Å²) in [5.41, 5.74) is 2.70. The Kier molecular flexibility index (Phi) is 7.28. The van der Waals surface area contributed by atoms with E-state index in [-0.39, 0.29) is 30.1 Å². The lowest BCUT2D eigenvalue weighted by molar-refractivity contribution is -0.123. The van der Waals surface area contributed by atoms with Gasteiger partial charge in [-0.2, -0.15) is 5.26 Å². The first kappa shape index (κ1) is 21.1. The standard InChI is InChI=1S/C22H24FN3O2/c1-14(2)12-20(22(28)25-11-10-24)26-21(27)17-6-4-16(5-7-17)18-8-9-19(23)15(3)13-18/h4-9,13-14,20H,11-12H2,1-3H3,(H,25,28)(H,26,27)/t20-/m0/s1. The van der Waals surface area contributed by atoms with Crippen molar-refractivity contribution in [1.29, 1.82) is 5.26 Å². The van der Waals surface area contributed by atoms with Crippen molar-refractivity contribution in [2.75, 3.05) is 6.54 Å². The molecule has 0 unspecified atom stereocenters. The molecule has 2 aromatic carbocycles. The minimum absolute atomic E-state index is 0.102. The highest BCUT2D eigenvalue weighted by Gasteiger charge is 2.22. The first-order valence-corrected chi connectivity index (χ1v) is 9.14. The maximum atomic E-state index is 13.4. The molecular formula is C22H24FN3O2. The molecular weight excluding hydrogens is 357 g/mol. The first-order chi connectivity index (χ1) is 13.3. The van der Waals surface area contributed by atoms with Gasteiger partial charge in [0.2, 0.25) is 5.91 Å². The van der Waals surface area contributed by atoms with Crippen LogP contribution in [0.2, 0.25) is 0 Å². The van der Waals surface area contributed by atoms with Gasteiger partial charge >= 0.3 is 0 Å². The highest BCUT2D eigenvalue weighted by Crippen LogP contribution is 2.22. The van der Waals surface area contributed by atoms with Crippen molar-refractivity contribution in [3.05, 3.63) is 59.4 Å². The molecule has 0 aliphatic heterocycles. The second kappa shape index (κ2) is 9.65. The van der Waals surface area contributed by atoms with E-state index in [1.54, 1.807) is 43.3 Å². The van der Waals surface area contributed by atoms with Gasteiger partial charge < -0.3 is 10.6 Å². The van der Waals surface area contributed by atoms with E-state index in [9.17, 15) is 14.0 Å². The van der Waals surface area contributed by atoms with E-state index in [0.29, 0.717) is 17.5 Å². The summed E-state index contributed by atoms with van der Waals surface area (Å²) < 4.78 is 13.4. The van der Waals surface area contributed by atoms with Crippen LogP contribution in [0, 0.1) is 30.0 Å². The van der Waals surface area contributed by atoms with Gasteiger partial charge in [0.25, 0.3) is 5.91 Å². The predicted octanol–water partition coefficient (Wildman–Crippen LogP) is 3.59. The molecule has 28 heavy (non-hydrogen) atoms. The zero-order valence-corrected chi connectivity index (χ0v) is 16.3. The molecule has 146 valence electrons. The molecule has 5 nitrogen and oxygen atoms in total. The van der Waals surface area contributed by atoms with Crippen molar-refractivity contribution >= 4 is 11.8 Å². The predicted molar refractivity (Wildman–Crippen MR) is 106 cm³/mol. The normalized spacial score (nSPS) is 11.6. The minimum Gasteiger partial charge on any atom is -0.341 e. The first-order valence-electron chi connectivity index (χ1n) is 9.14. The van der Waals surface area contributed by atoms with Crippen LogP contribution in [-0.4, -0.2) is 24.4 Å². The number of hydrogen-bond acceptors (Lipinski definition) is 3. The Balaban J connectivity index is 2.12. The van der Waals surface area contributed by atoms with Crippen LogP contribution < -0.4 is 10.6 Å². The molecule has 2 rings (SSSR count). The van der Waals surface area contributed by atoms with Gasteiger partial charge in [-0.05, 0) is 60.2 Å². The lowest BCUT2D eigenvalue weighted by Crippen LogP contribution is -2.47. The number of aryl methyl sites for hydroxylation is 1. The molecule has 2 amide bonds. The molecule has 0 bridgehead atoms. The minimum atomic E-state index is -0.708. The van der Waals surface area contributed by atoms with Gasteiger partial charge in [0.05, 0.1) is 6.07 Å². The van der Waals surface area contributed by atoms with Crippen molar-refractivity contribution in [1.82, 2.24) is 10.6 Å². The topological polar surface area (TPSA) is 82.0 Å². The Labute approximate surface area is 164 Å². The van der Waals surface area contributed by atoms with Gasteiger partial charge in [-0.1, -0.05) is 32.0 Å². The van der Waals surface area contributed by atoms with Gasteiger partial charge in [-0.25, -0.2) is 4.39 Å². The van der Waals surface area contributed by atoms with E-state index in [1.807, 2.05) is 19.9 Å². The maximum absolute atomic E-state index is 13.4. The monoisotopic (exact) mass is 381 g/mol. The van der Waals surface area contributed by atoms with Crippen molar-refractivity contribution in [3.8, 4) is 17.2 Å². The molecule has 2 aromatic rings. The SMILES string of the molecule is Cc1cc(-c2ccc(C(=O)N[C@@H](CC(C)C)C(=O)NCC#N)cc2)ccc1F. The zero-order chi connectivity index (χ0) is 20.7. The number of rotatable bonds is 7. The number of hydrogen-bond donors (Lipinski definition) is 2. The molecule has 0 radical (unpaired) electrons. The van der Waals surface area contributed by atoms with Crippen LogP contribution in [0.3, 0.4) is 0 Å². The number of nitrogens with one attached hydrogen (secondary N) is 2. The fourth-order valence-corrected chi connectivity index (χ4v) is 2.83. The number of amides is 2. The Morgan fingerprint density at radius 2 is 1.75 bits per heavy atom. The number of halogens is 1. The lowest BCUT2D eigenvalue weighted by Gasteiger charge is -2.19. The summed E-state index contributed by atoms with van der Waals surface area (Å²) in [4.78, 5) is 24.8. The number of nitriles is 1. The van der Waals surface area contributed by atoms with Crippen LogP contribution in [0.25, 0.3) is 11.1 Å². The van der Waals surface area contributed by atoms with E-state index >= 15 is 0 Å². The second-order valence-electron chi connectivity index (χ2n) is 7.07. The fraction of sp³-hybridized carbons (Fsp3) is 0.318. The summed E-state index contributed by atoms with van der Waals surface area (Å²) >= 11 is 0. The summed E-state index contributed by atoms with van der Waals surface area (Å²) in [6, 6.07) is 12.9. The van der Waals surface area contributed by atoms with Gasteiger partial charge in [0.15, 0.2) is 0 Å². The van der Waals surface area contributed by atoms with E-state index in [0.717, 1.165) is 11.1 Å². The summed E-state index contributed by atoms with van der Waals surface area (Å²) in [5.74, 6) is -0.797. The van der Waals surface area contributed by atoms with Crippen LogP contribution in [0.15, 0.2) is 42.5 Å². The van der Waals surface area contributed by atoms with E-state index in [4.69, 9.17) is 5.26 Å². The molecule has 0 aliphatic carbocycles. The van der Waals surface area contributed by atoms with Gasteiger partial charge in [0.1, 0.15) is 18.4 Å². The van der Waals surface area contributed by atoms with E-state index < -0.39 is 6.04 Å². The molecule has 1 atom stereocenters. The lowest BCUT2D eigenvalue weighted by atomic mass is 10.0. The maximum Gasteiger partial charge on any atom is 0.251 e. The number of benzene rings is 2. The molecule has 2 N–H and O–H groups in total. The Morgan fingerprint density at radius 3 is 2.32 bits per heavy atom. The number of nitrogens with zero attached hydrogens (tertiary/aromatic N) is 1. The van der Waals surface area contributed by atoms with Crippen molar-refractivity contribution in [3.63, 3.8) is 0 Å². The third-order valence-corrected chi connectivity index (χ3v) is 4.31. The molecule has 0 aromatic heterocycles.